The van der Waals surface area contributed by atoms with Crippen molar-refractivity contribution in [1.29, 1.82) is 0 Å². The molecule has 0 atom stereocenters. The number of hydrogen-bond acceptors (Lipinski definition) is 3. The first-order valence-corrected chi connectivity index (χ1v) is 20.3. The summed E-state index contributed by atoms with van der Waals surface area (Å²) < 4.78 is 6.67. The molecule has 11 rings (SSSR count). The molecule has 2 heterocycles. The monoisotopic (exact) mass is 756 g/mol. The van der Waals surface area contributed by atoms with E-state index in [2.05, 4.69) is 208 Å². The van der Waals surface area contributed by atoms with E-state index in [1.165, 1.54) is 22.3 Å². The number of benzene rings is 8. The van der Waals surface area contributed by atoms with E-state index >= 15 is 0 Å². The summed E-state index contributed by atoms with van der Waals surface area (Å²) >= 11 is 0. The fourth-order valence-electron chi connectivity index (χ4n) is 9.61. The van der Waals surface area contributed by atoms with E-state index in [1.54, 1.807) is 0 Å². The lowest BCUT2D eigenvalue weighted by atomic mass is 9.53. The first kappa shape index (κ1) is 34.9. The van der Waals surface area contributed by atoms with Crippen LogP contribution in [0, 0.1) is 0 Å². The minimum absolute atomic E-state index is 0.233. The fourth-order valence-corrected chi connectivity index (χ4v) is 9.61. The Kier molecular flexibility index (Phi) is 8.06. The third-order valence-corrected chi connectivity index (χ3v) is 12.4. The maximum atomic E-state index is 6.67. The van der Waals surface area contributed by atoms with Crippen LogP contribution in [0.1, 0.15) is 47.2 Å². The second-order valence-electron chi connectivity index (χ2n) is 16.1. The molecule has 0 unspecified atom stereocenters. The van der Waals surface area contributed by atoms with Crippen LogP contribution in [0.15, 0.2) is 206 Å². The van der Waals surface area contributed by atoms with Crippen molar-refractivity contribution in [2.45, 2.75) is 24.7 Å². The van der Waals surface area contributed by atoms with Gasteiger partial charge >= 0.3 is 0 Å². The second kappa shape index (κ2) is 13.6. The molecule has 2 aliphatic rings. The van der Waals surface area contributed by atoms with E-state index in [1.807, 2.05) is 12.1 Å². The van der Waals surface area contributed by atoms with E-state index in [0.717, 1.165) is 73.0 Å². The van der Waals surface area contributed by atoms with Gasteiger partial charge < -0.3 is 4.74 Å². The predicted octanol–water partition coefficient (Wildman–Crippen LogP) is 13.9. The van der Waals surface area contributed by atoms with Crippen LogP contribution < -0.4 is 4.74 Å². The van der Waals surface area contributed by atoms with Gasteiger partial charge in [0.2, 0.25) is 0 Å². The van der Waals surface area contributed by atoms with Crippen LogP contribution in [0.5, 0.6) is 11.5 Å². The molecule has 3 nitrogen and oxygen atoms in total. The van der Waals surface area contributed by atoms with Gasteiger partial charge in [-0.2, -0.15) is 0 Å². The van der Waals surface area contributed by atoms with Gasteiger partial charge in [-0.15, -0.1) is 0 Å². The quantitative estimate of drug-likeness (QED) is 0.175. The van der Waals surface area contributed by atoms with Crippen molar-refractivity contribution in [2.75, 3.05) is 0 Å². The van der Waals surface area contributed by atoms with E-state index < -0.39 is 5.41 Å². The summed E-state index contributed by atoms with van der Waals surface area (Å²) in [6.45, 7) is 4.73. The van der Waals surface area contributed by atoms with Crippen molar-refractivity contribution in [3.05, 3.63) is 240 Å². The summed E-state index contributed by atoms with van der Waals surface area (Å²) in [5.74, 6) is 2.47. The minimum Gasteiger partial charge on any atom is -0.457 e. The molecule has 0 radical (unpaired) electrons. The smallest absolute Gasteiger partial charge is 0.160 e. The largest absolute Gasteiger partial charge is 0.457 e. The highest BCUT2D eigenvalue weighted by molar-refractivity contribution is 5.81. The Hall–Kier alpha value is -7.36. The molecular formula is C56H40N2O. The molecule has 0 amide bonds. The van der Waals surface area contributed by atoms with E-state index in [9.17, 15) is 0 Å². The summed E-state index contributed by atoms with van der Waals surface area (Å²) in [5, 5.41) is 0. The van der Waals surface area contributed by atoms with Gasteiger partial charge in [-0.05, 0) is 80.9 Å². The first-order valence-electron chi connectivity index (χ1n) is 20.3. The Morgan fingerprint density at radius 3 is 1.46 bits per heavy atom. The number of hydrogen-bond donors (Lipinski definition) is 0. The summed E-state index contributed by atoms with van der Waals surface area (Å²) in [6.07, 6.45) is 0. The van der Waals surface area contributed by atoms with Gasteiger partial charge in [0, 0.05) is 33.2 Å². The molecule has 1 aromatic heterocycles. The van der Waals surface area contributed by atoms with E-state index in [-0.39, 0.29) is 5.41 Å². The molecule has 0 bridgehead atoms. The maximum absolute atomic E-state index is 6.67. The molecule has 280 valence electrons. The number of ether oxygens (including phenoxy) is 1. The van der Waals surface area contributed by atoms with Crippen molar-refractivity contribution in [3.63, 3.8) is 0 Å². The van der Waals surface area contributed by atoms with Crippen LogP contribution in [0.25, 0.3) is 56.2 Å². The van der Waals surface area contributed by atoms with Crippen molar-refractivity contribution < 1.29 is 4.74 Å². The second-order valence-corrected chi connectivity index (χ2v) is 16.1. The lowest BCUT2D eigenvalue weighted by molar-refractivity contribution is 0.425. The van der Waals surface area contributed by atoms with Crippen molar-refractivity contribution in [1.82, 2.24) is 9.97 Å². The molecular weight excluding hydrogens is 717 g/mol. The Bertz CT molecular complexity index is 3010. The molecule has 1 spiro atoms. The molecule has 1 aliphatic heterocycles. The average Bonchev–Trinajstić information content (AvgIpc) is 3.31. The first-order chi connectivity index (χ1) is 29.0. The zero-order valence-corrected chi connectivity index (χ0v) is 32.9. The minimum atomic E-state index is -0.582. The molecule has 0 N–H and O–H groups in total. The number of rotatable bonds is 5. The Labute approximate surface area is 345 Å². The van der Waals surface area contributed by atoms with Gasteiger partial charge in [-0.1, -0.05) is 184 Å². The molecule has 1 aliphatic carbocycles. The fraction of sp³-hybridized carbons (Fsp3) is 0.0714. The van der Waals surface area contributed by atoms with Crippen molar-refractivity contribution >= 4 is 0 Å². The maximum Gasteiger partial charge on any atom is 0.160 e. The lowest BCUT2D eigenvalue weighted by Crippen LogP contribution is -2.43. The molecule has 0 saturated carbocycles. The van der Waals surface area contributed by atoms with Crippen LogP contribution in [0.3, 0.4) is 0 Å². The van der Waals surface area contributed by atoms with E-state index in [0.29, 0.717) is 5.82 Å². The predicted molar refractivity (Wildman–Crippen MR) is 240 cm³/mol. The van der Waals surface area contributed by atoms with Crippen LogP contribution in [-0.4, -0.2) is 9.97 Å². The summed E-state index contributed by atoms with van der Waals surface area (Å²) in [4.78, 5) is 10.4. The Morgan fingerprint density at radius 1 is 0.322 bits per heavy atom. The molecule has 0 saturated heterocycles. The lowest BCUT2D eigenvalue weighted by Gasteiger charge is -2.50. The summed E-state index contributed by atoms with van der Waals surface area (Å²) in [7, 11) is 0. The van der Waals surface area contributed by atoms with E-state index in [4.69, 9.17) is 14.7 Å². The third kappa shape index (κ3) is 5.57. The molecule has 59 heavy (non-hydrogen) atoms. The van der Waals surface area contributed by atoms with Gasteiger partial charge in [0.15, 0.2) is 5.82 Å². The third-order valence-electron chi connectivity index (χ3n) is 12.4. The summed E-state index contributed by atoms with van der Waals surface area (Å²) in [6, 6.07) is 73.6. The summed E-state index contributed by atoms with van der Waals surface area (Å²) in [5.41, 5.74) is 16.1. The average molecular weight is 757 g/mol. The topological polar surface area (TPSA) is 35.0 Å². The van der Waals surface area contributed by atoms with Gasteiger partial charge in [0.1, 0.15) is 11.5 Å². The van der Waals surface area contributed by atoms with Gasteiger partial charge in [0.25, 0.3) is 0 Å². The van der Waals surface area contributed by atoms with Crippen LogP contribution in [-0.2, 0) is 10.8 Å². The highest BCUT2D eigenvalue weighted by Crippen LogP contribution is 2.61. The molecule has 8 aromatic carbocycles. The normalized spacial score (nSPS) is 14.0. The zero-order chi connectivity index (χ0) is 39.6. The van der Waals surface area contributed by atoms with Gasteiger partial charge in [-0.3, -0.25) is 0 Å². The van der Waals surface area contributed by atoms with Crippen molar-refractivity contribution in [3.8, 4) is 67.7 Å². The highest BCUT2D eigenvalue weighted by atomic mass is 16.5. The van der Waals surface area contributed by atoms with Crippen LogP contribution in [0.4, 0.5) is 0 Å². The standard InChI is InChI=1S/C56H40N2O/c1-55(2)44-25-9-10-26-46(44)56(47-27-11-13-29-52(47)59-53-30-14-12-28-48(53)56)49-35-41(31-32-45(49)55)40-22-15-23-42(33-40)51-36-50(38-19-7-4-8-20-38)57-54(58-51)43-24-16-21-39(34-43)37-17-5-3-6-18-37/h3-36H,1-2H3. The molecule has 3 heteroatoms. The number of fused-ring (bicyclic) bond motifs is 8. The number of aromatic nitrogens is 2. The van der Waals surface area contributed by atoms with Gasteiger partial charge in [0.05, 0.1) is 16.8 Å². The zero-order valence-electron chi connectivity index (χ0n) is 32.9. The highest BCUT2D eigenvalue weighted by Gasteiger charge is 2.52. The van der Waals surface area contributed by atoms with Crippen LogP contribution in [0.2, 0.25) is 0 Å². The van der Waals surface area contributed by atoms with Gasteiger partial charge in [-0.25, -0.2) is 9.97 Å². The van der Waals surface area contributed by atoms with Crippen molar-refractivity contribution in [2.24, 2.45) is 0 Å². The Morgan fingerprint density at radius 2 is 0.780 bits per heavy atom. The number of para-hydroxylation sites is 2. The molecule has 9 aromatic rings. The molecule has 0 fully saturated rings. The van der Waals surface area contributed by atoms with Crippen LogP contribution >= 0.6 is 0 Å². The SMILES string of the molecule is CC1(C)c2ccccc2C2(c3ccccc3Oc3ccccc32)c2cc(-c3cccc(-c4cc(-c5ccccc5)nc(-c5cccc(-c6ccccc6)c5)n4)c3)ccc21. The Balaban J connectivity index is 1.09. The number of nitrogens with zero attached hydrogens (tertiary/aromatic N) is 2.